The first kappa shape index (κ1) is 17.8. The first-order chi connectivity index (χ1) is 10.2. The monoisotopic (exact) mass is 422 g/mol. The van der Waals surface area contributed by atoms with E-state index in [9.17, 15) is 9.59 Å². The Morgan fingerprint density at radius 3 is 2.64 bits per heavy atom. The molecular formula is C16H27IN2O3. The highest BCUT2D eigenvalue weighted by atomic mass is 127. The van der Waals surface area contributed by atoms with Crippen LogP contribution in [0.2, 0.25) is 0 Å². The fraction of sp³-hybridized carbons (Fsp3) is 0.875. The average molecular weight is 422 g/mol. The van der Waals surface area contributed by atoms with Crippen LogP contribution in [-0.4, -0.2) is 57.0 Å². The van der Waals surface area contributed by atoms with Gasteiger partial charge in [0.1, 0.15) is 5.60 Å². The zero-order valence-corrected chi connectivity index (χ0v) is 16.1. The summed E-state index contributed by atoms with van der Waals surface area (Å²) >= 11 is 2.24. The average Bonchev–Trinajstić information content (AvgIpc) is 2.39. The molecule has 2 heterocycles. The molecule has 2 aliphatic rings. The molecule has 0 aromatic carbocycles. The van der Waals surface area contributed by atoms with Gasteiger partial charge >= 0.3 is 6.09 Å². The first-order valence-corrected chi connectivity index (χ1v) is 9.34. The van der Waals surface area contributed by atoms with Crippen molar-refractivity contribution in [3.63, 3.8) is 0 Å². The number of ether oxygens (including phenoxy) is 1. The number of rotatable bonds is 1. The summed E-state index contributed by atoms with van der Waals surface area (Å²) in [5.41, 5.74) is -0.485. The molecule has 0 spiro atoms. The SMILES string of the molecule is C[C@H]1C[C@@H](N2CCCC(I)C2=O)CN(C(=O)OC(C)(C)C)C1. The lowest BCUT2D eigenvalue weighted by molar-refractivity contribution is -0.136. The highest BCUT2D eigenvalue weighted by Crippen LogP contribution is 2.27. The van der Waals surface area contributed by atoms with Crippen LogP contribution in [0.5, 0.6) is 0 Å². The van der Waals surface area contributed by atoms with Gasteiger partial charge in [0.05, 0.1) is 3.92 Å². The molecule has 0 aliphatic carbocycles. The van der Waals surface area contributed by atoms with Crippen molar-refractivity contribution in [3.05, 3.63) is 0 Å². The topological polar surface area (TPSA) is 49.9 Å². The Morgan fingerprint density at radius 2 is 2.00 bits per heavy atom. The summed E-state index contributed by atoms with van der Waals surface area (Å²) in [6, 6.07) is 0.126. The number of nitrogens with zero attached hydrogens (tertiary/aromatic N) is 2. The lowest BCUT2D eigenvalue weighted by atomic mass is 9.93. The lowest BCUT2D eigenvalue weighted by Crippen LogP contribution is -2.57. The number of piperidine rings is 2. The van der Waals surface area contributed by atoms with Crippen molar-refractivity contribution >= 4 is 34.6 Å². The molecule has 0 aromatic rings. The maximum atomic E-state index is 12.4. The van der Waals surface area contributed by atoms with E-state index in [2.05, 4.69) is 29.5 Å². The lowest BCUT2D eigenvalue weighted by Gasteiger charge is -2.44. The smallest absolute Gasteiger partial charge is 0.410 e. The van der Waals surface area contributed by atoms with Crippen LogP contribution in [0.25, 0.3) is 0 Å². The fourth-order valence-corrected chi connectivity index (χ4v) is 4.04. The van der Waals surface area contributed by atoms with Gasteiger partial charge in [0.25, 0.3) is 0 Å². The van der Waals surface area contributed by atoms with Crippen LogP contribution in [-0.2, 0) is 9.53 Å². The maximum Gasteiger partial charge on any atom is 0.410 e. The van der Waals surface area contributed by atoms with Gasteiger partial charge in [-0.15, -0.1) is 0 Å². The Balaban J connectivity index is 2.04. The highest BCUT2D eigenvalue weighted by molar-refractivity contribution is 14.1. The summed E-state index contributed by atoms with van der Waals surface area (Å²) in [4.78, 5) is 28.5. The molecule has 5 nitrogen and oxygen atoms in total. The molecule has 0 aromatic heterocycles. The summed E-state index contributed by atoms with van der Waals surface area (Å²) in [6.07, 6.45) is 2.72. The number of hydrogen-bond donors (Lipinski definition) is 0. The van der Waals surface area contributed by atoms with Gasteiger partial charge in [-0.1, -0.05) is 29.5 Å². The Bertz CT molecular complexity index is 436. The number of amides is 2. The molecule has 2 saturated heterocycles. The standard InChI is InChI=1S/C16H27IN2O3/c1-11-8-12(19-7-5-6-13(17)14(19)20)10-18(9-11)15(21)22-16(2,3)4/h11-13H,5-10H2,1-4H3/t11-,12+,13?/m0/s1. The molecular weight excluding hydrogens is 395 g/mol. The van der Waals surface area contributed by atoms with Crippen molar-refractivity contribution in [2.75, 3.05) is 19.6 Å². The zero-order chi connectivity index (χ0) is 16.5. The van der Waals surface area contributed by atoms with Gasteiger partial charge in [0.15, 0.2) is 0 Å². The largest absolute Gasteiger partial charge is 0.444 e. The molecule has 2 fully saturated rings. The molecule has 6 heteroatoms. The molecule has 0 N–H and O–H groups in total. The second kappa shape index (κ2) is 6.93. The second-order valence-corrected chi connectivity index (χ2v) is 9.03. The molecule has 0 saturated carbocycles. The van der Waals surface area contributed by atoms with Crippen molar-refractivity contribution in [3.8, 4) is 0 Å². The maximum absolute atomic E-state index is 12.4. The minimum Gasteiger partial charge on any atom is -0.444 e. The van der Waals surface area contributed by atoms with Crippen molar-refractivity contribution in [2.24, 2.45) is 5.92 Å². The van der Waals surface area contributed by atoms with E-state index in [4.69, 9.17) is 4.74 Å². The number of carbonyl (C=O) groups excluding carboxylic acids is 2. The minimum absolute atomic E-state index is 0.0820. The predicted octanol–water partition coefficient (Wildman–Crippen LogP) is 3.06. The summed E-state index contributed by atoms with van der Waals surface area (Å²) in [7, 11) is 0. The molecule has 126 valence electrons. The number of halogens is 1. The molecule has 1 unspecified atom stereocenters. The van der Waals surface area contributed by atoms with E-state index in [1.165, 1.54) is 0 Å². The third-order valence-corrected chi connectivity index (χ3v) is 5.29. The summed E-state index contributed by atoms with van der Waals surface area (Å²) in [6.45, 7) is 9.90. The van der Waals surface area contributed by atoms with Crippen molar-refractivity contribution in [1.29, 1.82) is 0 Å². The van der Waals surface area contributed by atoms with Gasteiger partial charge in [0.2, 0.25) is 5.91 Å². The van der Waals surface area contributed by atoms with Gasteiger partial charge in [-0.2, -0.15) is 0 Å². The molecule has 2 aliphatic heterocycles. The fourth-order valence-electron chi connectivity index (χ4n) is 3.24. The van der Waals surface area contributed by atoms with E-state index >= 15 is 0 Å². The Morgan fingerprint density at radius 1 is 1.32 bits per heavy atom. The summed E-state index contributed by atoms with van der Waals surface area (Å²) < 4.78 is 5.57. The zero-order valence-electron chi connectivity index (χ0n) is 14.0. The van der Waals surface area contributed by atoms with Gasteiger partial charge in [-0.3, -0.25) is 4.79 Å². The molecule has 22 heavy (non-hydrogen) atoms. The second-order valence-electron chi connectivity index (χ2n) is 7.52. The minimum atomic E-state index is -0.485. The molecule has 0 radical (unpaired) electrons. The quantitative estimate of drug-likeness (QED) is 0.482. The van der Waals surface area contributed by atoms with Gasteiger partial charge < -0.3 is 14.5 Å². The normalized spacial score (nSPS) is 30.4. The van der Waals surface area contributed by atoms with Gasteiger partial charge in [0, 0.05) is 25.7 Å². The van der Waals surface area contributed by atoms with Crippen LogP contribution < -0.4 is 0 Å². The van der Waals surface area contributed by atoms with E-state index in [1.807, 2.05) is 25.7 Å². The predicted molar refractivity (Wildman–Crippen MR) is 94.1 cm³/mol. The van der Waals surface area contributed by atoms with Crippen molar-refractivity contribution in [1.82, 2.24) is 9.80 Å². The summed E-state index contributed by atoms with van der Waals surface area (Å²) in [5, 5.41) is 0. The van der Waals surface area contributed by atoms with Gasteiger partial charge in [-0.05, 0) is 46.0 Å². The van der Waals surface area contributed by atoms with E-state index < -0.39 is 5.60 Å². The number of hydrogen-bond acceptors (Lipinski definition) is 3. The first-order valence-electron chi connectivity index (χ1n) is 8.10. The Kier molecular flexibility index (Phi) is 5.61. The molecule has 0 bridgehead atoms. The number of carbonyl (C=O) groups is 2. The van der Waals surface area contributed by atoms with Crippen LogP contribution in [0.3, 0.4) is 0 Å². The van der Waals surface area contributed by atoms with Crippen LogP contribution in [0, 0.1) is 5.92 Å². The third-order valence-electron chi connectivity index (χ3n) is 4.14. The third kappa shape index (κ3) is 4.49. The van der Waals surface area contributed by atoms with Crippen LogP contribution >= 0.6 is 22.6 Å². The van der Waals surface area contributed by atoms with Crippen LogP contribution in [0.1, 0.15) is 47.0 Å². The van der Waals surface area contributed by atoms with Crippen LogP contribution in [0.4, 0.5) is 4.79 Å². The molecule has 2 rings (SSSR count). The van der Waals surface area contributed by atoms with E-state index in [0.29, 0.717) is 19.0 Å². The molecule has 3 atom stereocenters. The van der Waals surface area contributed by atoms with Gasteiger partial charge in [-0.25, -0.2) is 4.79 Å². The number of alkyl halides is 1. The highest BCUT2D eigenvalue weighted by Gasteiger charge is 2.37. The van der Waals surface area contributed by atoms with E-state index in [-0.39, 0.29) is 22.0 Å². The summed E-state index contributed by atoms with van der Waals surface area (Å²) in [5.74, 6) is 0.615. The molecule has 2 amide bonds. The van der Waals surface area contributed by atoms with E-state index in [0.717, 1.165) is 25.8 Å². The van der Waals surface area contributed by atoms with Crippen molar-refractivity contribution < 1.29 is 14.3 Å². The number of likely N-dealkylation sites (tertiary alicyclic amines) is 2. The Labute approximate surface area is 146 Å². The van der Waals surface area contributed by atoms with Crippen LogP contribution in [0.15, 0.2) is 0 Å². The van der Waals surface area contributed by atoms with Crippen molar-refractivity contribution in [2.45, 2.75) is 62.5 Å². The van der Waals surface area contributed by atoms with E-state index in [1.54, 1.807) is 4.90 Å². The Hall–Kier alpha value is -0.530.